The molecule has 2 amide bonds. The second-order valence-corrected chi connectivity index (χ2v) is 10.6. The smallest absolute Gasteiger partial charge is 0.243 e. The van der Waals surface area contributed by atoms with E-state index in [0.29, 0.717) is 25.3 Å². The maximum absolute atomic E-state index is 13.6. The van der Waals surface area contributed by atoms with Gasteiger partial charge in [-0.2, -0.15) is 0 Å². The Morgan fingerprint density at radius 2 is 1.60 bits per heavy atom. The van der Waals surface area contributed by atoms with Crippen molar-refractivity contribution in [3.8, 4) is 0 Å². The van der Waals surface area contributed by atoms with Gasteiger partial charge >= 0.3 is 0 Å². The zero-order chi connectivity index (χ0) is 25.2. The number of carbonyl (C=O) groups excluding carboxylic acids is 2. The van der Waals surface area contributed by atoms with Crippen LogP contribution in [0.15, 0.2) is 77.3 Å². The molecule has 0 bridgehead atoms. The molecule has 0 saturated carbocycles. The van der Waals surface area contributed by atoms with Gasteiger partial charge in [-0.15, -0.1) is 11.8 Å². The number of likely N-dealkylation sites (N-methyl/N-ethyl adjacent to an activating group) is 1. The minimum atomic E-state index is -0.592. The van der Waals surface area contributed by atoms with Gasteiger partial charge in [0.2, 0.25) is 11.8 Å². The highest BCUT2D eigenvalue weighted by Crippen LogP contribution is 2.21. The Morgan fingerprint density at radius 3 is 2.26 bits per heavy atom. The van der Waals surface area contributed by atoms with Crippen LogP contribution in [0.3, 0.4) is 0 Å². The predicted molar refractivity (Wildman–Crippen MR) is 149 cm³/mol. The summed E-state index contributed by atoms with van der Waals surface area (Å²) in [6.45, 7) is 6.97. The summed E-state index contributed by atoms with van der Waals surface area (Å²) in [6, 6.07) is 23.7. The van der Waals surface area contributed by atoms with E-state index >= 15 is 0 Å². The second-order valence-electron chi connectivity index (χ2n) is 8.74. The van der Waals surface area contributed by atoms with Gasteiger partial charge in [-0.3, -0.25) is 9.59 Å². The lowest BCUT2D eigenvalue weighted by Gasteiger charge is -2.31. The van der Waals surface area contributed by atoms with Crippen LogP contribution in [-0.4, -0.2) is 35.1 Å². The first-order valence-electron chi connectivity index (χ1n) is 11.9. The molecule has 0 saturated heterocycles. The van der Waals surface area contributed by atoms with Crippen LogP contribution in [-0.2, 0) is 28.3 Å². The minimum Gasteiger partial charge on any atom is -0.355 e. The molecular weight excluding hydrogens is 520 g/mol. The third-order valence-corrected chi connectivity index (χ3v) is 7.12. The van der Waals surface area contributed by atoms with Crippen LogP contribution in [0.5, 0.6) is 0 Å². The van der Waals surface area contributed by atoms with Crippen molar-refractivity contribution in [2.45, 2.75) is 45.5 Å². The van der Waals surface area contributed by atoms with E-state index in [9.17, 15) is 9.59 Å². The van der Waals surface area contributed by atoms with Gasteiger partial charge in [-0.25, -0.2) is 0 Å². The van der Waals surface area contributed by atoms with E-state index in [0.717, 1.165) is 21.4 Å². The monoisotopic (exact) mass is 552 g/mol. The van der Waals surface area contributed by atoms with Crippen LogP contribution in [0.25, 0.3) is 0 Å². The topological polar surface area (TPSA) is 49.4 Å². The molecule has 4 nitrogen and oxygen atoms in total. The van der Waals surface area contributed by atoms with Crippen molar-refractivity contribution in [1.29, 1.82) is 0 Å². The van der Waals surface area contributed by atoms with E-state index in [1.54, 1.807) is 16.7 Å². The fourth-order valence-corrected chi connectivity index (χ4v) is 5.46. The molecule has 0 fully saturated rings. The number of carbonyl (C=O) groups is 2. The van der Waals surface area contributed by atoms with Crippen molar-refractivity contribution in [2.75, 3.05) is 12.3 Å². The molecule has 1 atom stereocenters. The molecule has 0 spiro atoms. The molecule has 1 unspecified atom stereocenters. The van der Waals surface area contributed by atoms with Gasteiger partial charge in [0, 0.05) is 29.7 Å². The molecule has 1 N–H and O–H groups in total. The fraction of sp³-hybridized carbons (Fsp3) is 0.310. The van der Waals surface area contributed by atoms with E-state index in [2.05, 4.69) is 53.3 Å². The van der Waals surface area contributed by atoms with Crippen molar-refractivity contribution in [2.24, 2.45) is 0 Å². The van der Waals surface area contributed by atoms with Crippen molar-refractivity contribution >= 4 is 39.5 Å². The number of halogens is 1. The van der Waals surface area contributed by atoms with Crippen LogP contribution in [0.1, 0.15) is 34.7 Å². The number of hydrogen-bond donors (Lipinski definition) is 1. The summed E-state index contributed by atoms with van der Waals surface area (Å²) >= 11 is 5.12. The summed E-state index contributed by atoms with van der Waals surface area (Å²) in [5.41, 5.74) is 5.67. The average Bonchev–Trinajstić information content (AvgIpc) is 2.81. The van der Waals surface area contributed by atoms with Gasteiger partial charge in [0.05, 0.1) is 5.75 Å². The Balaban J connectivity index is 1.83. The molecular formula is C29H33BrN2O2S. The van der Waals surface area contributed by atoms with E-state index in [-0.39, 0.29) is 11.8 Å². The van der Waals surface area contributed by atoms with E-state index < -0.39 is 6.04 Å². The van der Waals surface area contributed by atoms with Crippen molar-refractivity contribution in [1.82, 2.24) is 10.2 Å². The molecule has 35 heavy (non-hydrogen) atoms. The largest absolute Gasteiger partial charge is 0.355 e. The lowest BCUT2D eigenvalue weighted by Crippen LogP contribution is -2.51. The number of nitrogens with zero attached hydrogens (tertiary/aromatic N) is 1. The molecule has 0 heterocycles. The normalized spacial score (nSPS) is 11.7. The summed E-state index contributed by atoms with van der Waals surface area (Å²) in [4.78, 5) is 28.6. The zero-order valence-electron chi connectivity index (χ0n) is 20.6. The quantitative estimate of drug-likeness (QED) is 0.313. The maximum atomic E-state index is 13.6. The first kappa shape index (κ1) is 27.0. The Hall–Kier alpha value is -2.57. The Morgan fingerprint density at radius 1 is 0.914 bits per heavy atom. The van der Waals surface area contributed by atoms with Gasteiger partial charge in [-0.05, 0) is 49.6 Å². The maximum Gasteiger partial charge on any atom is 0.243 e. The number of amides is 2. The number of nitrogens with one attached hydrogen (secondary N) is 1. The van der Waals surface area contributed by atoms with E-state index in [1.165, 1.54) is 16.7 Å². The van der Waals surface area contributed by atoms with Gasteiger partial charge in [0.15, 0.2) is 0 Å². The van der Waals surface area contributed by atoms with Gasteiger partial charge in [0.1, 0.15) is 6.04 Å². The molecule has 6 heteroatoms. The van der Waals surface area contributed by atoms with Crippen molar-refractivity contribution in [3.05, 3.63) is 105 Å². The van der Waals surface area contributed by atoms with Crippen LogP contribution < -0.4 is 5.32 Å². The lowest BCUT2D eigenvalue weighted by atomic mass is 10.0. The summed E-state index contributed by atoms with van der Waals surface area (Å²) in [6.07, 6.45) is 0.466. The standard InChI is InChI=1S/C29H33BrN2O2S/c1-4-31-29(34)27(17-23-9-6-5-7-10-23)32(18-24-11-8-12-26(30)16-24)28(33)20-35-19-25-14-21(2)13-22(3)15-25/h5-16,27H,4,17-20H2,1-3H3,(H,31,34). The molecule has 0 aliphatic heterocycles. The summed E-state index contributed by atoms with van der Waals surface area (Å²) in [5.74, 6) is 0.903. The van der Waals surface area contributed by atoms with Gasteiger partial charge in [-0.1, -0.05) is 87.7 Å². The highest BCUT2D eigenvalue weighted by atomic mass is 79.9. The number of benzene rings is 3. The average molecular weight is 554 g/mol. The SMILES string of the molecule is CCNC(=O)C(Cc1ccccc1)N(Cc1cccc(Br)c1)C(=O)CSCc1cc(C)cc(C)c1. The Labute approximate surface area is 221 Å². The fourth-order valence-electron chi connectivity index (χ4n) is 4.17. The summed E-state index contributed by atoms with van der Waals surface area (Å²) in [7, 11) is 0. The Bertz CT molecular complexity index is 1120. The van der Waals surface area contributed by atoms with Crippen LogP contribution in [0, 0.1) is 13.8 Å². The molecule has 0 aliphatic rings. The molecule has 0 aliphatic carbocycles. The molecule has 0 radical (unpaired) electrons. The summed E-state index contributed by atoms with van der Waals surface area (Å²) < 4.78 is 0.948. The van der Waals surface area contributed by atoms with Crippen molar-refractivity contribution < 1.29 is 9.59 Å². The first-order valence-corrected chi connectivity index (χ1v) is 13.8. The third-order valence-electron chi connectivity index (χ3n) is 5.64. The first-order chi connectivity index (χ1) is 16.9. The zero-order valence-corrected chi connectivity index (χ0v) is 23.0. The van der Waals surface area contributed by atoms with Crippen LogP contribution >= 0.6 is 27.7 Å². The van der Waals surface area contributed by atoms with Crippen molar-refractivity contribution in [3.63, 3.8) is 0 Å². The van der Waals surface area contributed by atoms with Crippen LogP contribution in [0.2, 0.25) is 0 Å². The van der Waals surface area contributed by atoms with E-state index in [1.807, 2.05) is 61.5 Å². The highest BCUT2D eigenvalue weighted by molar-refractivity contribution is 9.10. The summed E-state index contributed by atoms with van der Waals surface area (Å²) in [5, 5.41) is 2.94. The molecule has 3 aromatic rings. The lowest BCUT2D eigenvalue weighted by molar-refractivity contribution is -0.139. The minimum absolute atomic E-state index is 0.0356. The van der Waals surface area contributed by atoms with Gasteiger partial charge in [0.25, 0.3) is 0 Å². The predicted octanol–water partition coefficient (Wildman–Crippen LogP) is 6.08. The molecule has 0 aromatic heterocycles. The van der Waals surface area contributed by atoms with Crippen LogP contribution in [0.4, 0.5) is 0 Å². The van der Waals surface area contributed by atoms with Gasteiger partial charge < -0.3 is 10.2 Å². The van der Waals surface area contributed by atoms with E-state index in [4.69, 9.17) is 0 Å². The molecule has 184 valence electrons. The highest BCUT2D eigenvalue weighted by Gasteiger charge is 2.30. The number of hydrogen-bond acceptors (Lipinski definition) is 3. The second kappa shape index (κ2) is 13.5. The molecule has 3 aromatic carbocycles. The molecule has 3 rings (SSSR count). The number of aryl methyl sites for hydroxylation is 2. The number of thioether (sulfide) groups is 1. The Kier molecular flexibility index (Phi) is 10.4. The number of rotatable bonds is 11. The third kappa shape index (κ3) is 8.55.